The van der Waals surface area contributed by atoms with Crippen LogP contribution in [-0.4, -0.2) is 61.8 Å². The molecule has 4 rings (SSSR count). The predicted octanol–water partition coefficient (Wildman–Crippen LogP) is 1.91. The first kappa shape index (κ1) is 17.7. The number of morpholine rings is 1. The molecular formula is C20H35N3O2. The van der Waals surface area contributed by atoms with Crippen LogP contribution < -0.4 is 10.6 Å². The highest BCUT2D eigenvalue weighted by atomic mass is 16.5. The van der Waals surface area contributed by atoms with Gasteiger partial charge in [0.1, 0.15) is 0 Å². The maximum Gasteiger partial charge on any atom is 0.225 e. The molecule has 2 heterocycles. The van der Waals surface area contributed by atoms with Crippen molar-refractivity contribution in [2.45, 2.75) is 75.9 Å². The molecule has 2 aliphatic carbocycles. The summed E-state index contributed by atoms with van der Waals surface area (Å²) in [5.41, 5.74) is 0. The lowest BCUT2D eigenvalue weighted by molar-refractivity contribution is -0.135. The van der Waals surface area contributed by atoms with Crippen molar-refractivity contribution in [2.24, 2.45) is 11.8 Å². The molecule has 2 saturated carbocycles. The van der Waals surface area contributed by atoms with E-state index in [4.69, 9.17) is 4.74 Å². The van der Waals surface area contributed by atoms with Crippen LogP contribution in [0.25, 0.3) is 0 Å². The minimum absolute atomic E-state index is 0.315. The van der Waals surface area contributed by atoms with Crippen molar-refractivity contribution >= 4 is 5.91 Å². The van der Waals surface area contributed by atoms with Crippen LogP contribution in [0.1, 0.15) is 57.8 Å². The van der Waals surface area contributed by atoms with E-state index in [1.165, 1.54) is 38.5 Å². The van der Waals surface area contributed by atoms with Gasteiger partial charge in [-0.3, -0.25) is 4.79 Å². The summed E-state index contributed by atoms with van der Waals surface area (Å²) in [6, 6.07) is 1.59. The molecule has 2 aliphatic heterocycles. The number of ether oxygens (including phenoxy) is 1. The lowest BCUT2D eigenvalue weighted by Gasteiger charge is -2.34. The molecule has 0 aromatic carbocycles. The molecule has 0 aromatic heterocycles. The molecule has 0 radical (unpaired) electrons. The second kappa shape index (κ2) is 8.36. The zero-order valence-corrected chi connectivity index (χ0v) is 15.5. The number of hydrogen-bond donors (Lipinski definition) is 2. The van der Waals surface area contributed by atoms with E-state index >= 15 is 0 Å². The molecule has 4 aliphatic rings. The summed E-state index contributed by atoms with van der Waals surface area (Å²) in [6.45, 7) is 4.57. The Balaban J connectivity index is 1.27. The highest BCUT2D eigenvalue weighted by molar-refractivity contribution is 5.79. The molecule has 0 spiro atoms. The van der Waals surface area contributed by atoms with Crippen LogP contribution in [0.5, 0.6) is 0 Å². The summed E-state index contributed by atoms with van der Waals surface area (Å²) in [5.74, 6) is 1.44. The molecule has 0 aromatic rings. The van der Waals surface area contributed by atoms with Crippen molar-refractivity contribution in [2.75, 3.05) is 32.8 Å². The Morgan fingerprint density at radius 1 is 1.04 bits per heavy atom. The fraction of sp³-hybridized carbons (Fsp3) is 0.950. The normalized spacial score (nSPS) is 37.5. The van der Waals surface area contributed by atoms with Gasteiger partial charge in [0.25, 0.3) is 0 Å². The molecule has 25 heavy (non-hydrogen) atoms. The van der Waals surface area contributed by atoms with E-state index in [-0.39, 0.29) is 0 Å². The van der Waals surface area contributed by atoms with Crippen molar-refractivity contribution < 1.29 is 9.53 Å². The van der Waals surface area contributed by atoms with Crippen LogP contribution in [0.2, 0.25) is 0 Å². The maximum atomic E-state index is 12.8. The molecule has 4 atom stereocenters. The van der Waals surface area contributed by atoms with Crippen molar-refractivity contribution in [3.05, 3.63) is 0 Å². The Hall–Kier alpha value is -0.650. The Kier molecular flexibility index (Phi) is 5.94. The molecular weight excluding hydrogens is 314 g/mol. The molecule has 2 saturated heterocycles. The van der Waals surface area contributed by atoms with Gasteiger partial charge in [-0.15, -0.1) is 0 Å². The molecule has 5 nitrogen and oxygen atoms in total. The molecule has 4 fully saturated rings. The van der Waals surface area contributed by atoms with E-state index in [1.54, 1.807) is 0 Å². The molecule has 142 valence electrons. The Labute approximate surface area is 152 Å². The lowest BCUT2D eigenvalue weighted by Crippen LogP contribution is -2.52. The number of nitrogens with zero attached hydrogens (tertiary/aromatic N) is 1. The summed E-state index contributed by atoms with van der Waals surface area (Å²) in [6.07, 6.45) is 11.0. The maximum absolute atomic E-state index is 12.8. The Morgan fingerprint density at radius 2 is 1.92 bits per heavy atom. The van der Waals surface area contributed by atoms with E-state index in [2.05, 4.69) is 15.5 Å². The monoisotopic (exact) mass is 349 g/mol. The van der Waals surface area contributed by atoms with E-state index in [0.717, 1.165) is 52.1 Å². The standard InChI is InChI=1S/C20H35N3O2/c24-20(15-5-2-1-3-6-15)23-11-9-16(13-23)22-18-8-4-7-17(18)19-14-25-12-10-21-19/h15-19,21-22H,1-14H2. The summed E-state index contributed by atoms with van der Waals surface area (Å²) < 4.78 is 5.69. The average molecular weight is 350 g/mol. The van der Waals surface area contributed by atoms with Gasteiger partial charge in [0, 0.05) is 43.7 Å². The minimum atomic E-state index is 0.315. The molecule has 2 N–H and O–H groups in total. The van der Waals surface area contributed by atoms with Gasteiger partial charge in [0.2, 0.25) is 5.91 Å². The highest BCUT2D eigenvalue weighted by Crippen LogP contribution is 2.31. The topological polar surface area (TPSA) is 53.6 Å². The van der Waals surface area contributed by atoms with E-state index in [0.29, 0.717) is 35.9 Å². The summed E-state index contributed by atoms with van der Waals surface area (Å²) in [4.78, 5) is 14.9. The third-order valence-corrected chi connectivity index (χ3v) is 6.94. The van der Waals surface area contributed by atoms with Crippen LogP contribution in [0.15, 0.2) is 0 Å². The van der Waals surface area contributed by atoms with Crippen LogP contribution in [0.3, 0.4) is 0 Å². The third-order valence-electron chi connectivity index (χ3n) is 6.94. The van der Waals surface area contributed by atoms with Gasteiger partial charge in [-0.05, 0) is 38.0 Å². The van der Waals surface area contributed by atoms with Gasteiger partial charge in [0.15, 0.2) is 0 Å². The molecule has 4 unspecified atom stereocenters. The first-order valence-corrected chi connectivity index (χ1v) is 10.7. The van der Waals surface area contributed by atoms with Gasteiger partial charge in [-0.25, -0.2) is 0 Å². The Bertz CT molecular complexity index is 446. The zero-order valence-electron chi connectivity index (χ0n) is 15.5. The van der Waals surface area contributed by atoms with Crippen LogP contribution in [0, 0.1) is 11.8 Å². The van der Waals surface area contributed by atoms with Crippen LogP contribution >= 0.6 is 0 Å². The average Bonchev–Trinajstić information content (AvgIpc) is 3.33. The molecule has 0 bridgehead atoms. The number of amides is 1. The van der Waals surface area contributed by atoms with Crippen molar-refractivity contribution in [1.82, 2.24) is 15.5 Å². The van der Waals surface area contributed by atoms with Gasteiger partial charge in [0.05, 0.1) is 13.2 Å². The zero-order chi connectivity index (χ0) is 17.1. The summed E-state index contributed by atoms with van der Waals surface area (Å²) in [7, 11) is 0. The molecule has 1 amide bonds. The fourth-order valence-electron chi connectivity index (χ4n) is 5.54. The Morgan fingerprint density at radius 3 is 2.72 bits per heavy atom. The van der Waals surface area contributed by atoms with Crippen LogP contribution in [0.4, 0.5) is 0 Å². The van der Waals surface area contributed by atoms with Crippen molar-refractivity contribution in [3.8, 4) is 0 Å². The minimum Gasteiger partial charge on any atom is -0.379 e. The lowest BCUT2D eigenvalue weighted by atomic mass is 9.88. The summed E-state index contributed by atoms with van der Waals surface area (Å²) in [5, 5.41) is 7.58. The number of nitrogens with one attached hydrogen (secondary N) is 2. The predicted molar refractivity (Wildman–Crippen MR) is 98.4 cm³/mol. The first-order chi connectivity index (χ1) is 12.3. The number of carbonyl (C=O) groups is 1. The third kappa shape index (κ3) is 4.20. The van der Waals surface area contributed by atoms with E-state index < -0.39 is 0 Å². The number of carbonyl (C=O) groups excluding carboxylic acids is 1. The first-order valence-electron chi connectivity index (χ1n) is 10.7. The fourth-order valence-corrected chi connectivity index (χ4v) is 5.54. The van der Waals surface area contributed by atoms with Crippen molar-refractivity contribution in [3.63, 3.8) is 0 Å². The smallest absolute Gasteiger partial charge is 0.225 e. The summed E-state index contributed by atoms with van der Waals surface area (Å²) >= 11 is 0. The van der Waals surface area contributed by atoms with Gasteiger partial charge >= 0.3 is 0 Å². The SMILES string of the molecule is O=C(C1CCCCC1)N1CCC(NC2CCCC2C2COCCN2)C1. The number of rotatable bonds is 4. The number of likely N-dealkylation sites (tertiary alicyclic amines) is 1. The van der Waals surface area contributed by atoms with E-state index in [1.807, 2.05) is 0 Å². The molecule has 5 heteroatoms. The van der Waals surface area contributed by atoms with E-state index in [9.17, 15) is 4.79 Å². The van der Waals surface area contributed by atoms with Gasteiger partial charge in [-0.1, -0.05) is 25.7 Å². The van der Waals surface area contributed by atoms with Gasteiger partial charge < -0.3 is 20.3 Å². The quantitative estimate of drug-likeness (QED) is 0.814. The van der Waals surface area contributed by atoms with Crippen molar-refractivity contribution in [1.29, 1.82) is 0 Å². The second-order valence-electron chi connectivity index (χ2n) is 8.61. The van der Waals surface area contributed by atoms with Gasteiger partial charge in [-0.2, -0.15) is 0 Å². The highest BCUT2D eigenvalue weighted by Gasteiger charge is 2.38. The largest absolute Gasteiger partial charge is 0.379 e. The second-order valence-corrected chi connectivity index (χ2v) is 8.61. The number of hydrogen-bond acceptors (Lipinski definition) is 4. The van der Waals surface area contributed by atoms with Crippen LogP contribution in [-0.2, 0) is 9.53 Å².